The molecule has 0 aromatic carbocycles. The van der Waals surface area contributed by atoms with Gasteiger partial charge in [-0.25, -0.2) is 4.98 Å². The SMILES string of the molecule is CCCNC(C)(C)c1ccc(CC(=O)c2ncc(C#N)[nH]2)c(C2=CCC(C)(C)CC2)n1. The number of hydrogen-bond acceptors (Lipinski definition) is 5. The molecule has 31 heavy (non-hydrogen) atoms. The number of carbonyl (C=O) groups is 1. The maximum atomic E-state index is 12.8. The number of carbonyl (C=O) groups excluding carboxylic acids is 1. The summed E-state index contributed by atoms with van der Waals surface area (Å²) in [4.78, 5) is 24.8. The first-order valence-electron chi connectivity index (χ1n) is 11.1. The third kappa shape index (κ3) is 5.48. The van der Waals surface area contributed by atoms with Gasteiger partial charge in [0.15, 0.2) is 5.82 Å². The van der Waals surface area contributed by atoms with Crippen molar-refractivity contribution in [3.8, 4) is 6.07 Å². The van der Waals surface area contributed by atoms with Gasteiger partial charge in [-0.15, -0.1) is 0 Å². The number of ketones is 1. The minimum atomic E-state index is -0.259. The van der Waals surface area contributed by atoms with Crippen LogP contribution < -0.4 is 5.32 Å². The summed E-state index contributed by atoms with van der Waals surface area (Å²) in [5.74, 6) is 0.0766. The van der Waals surface area contributed by atoms with E-state index in [1.54, 1.807) is 0 Å². The molecule has 0 fully saturated rings. The fourth-order valence-electron chi connectivity index (χ4n) is 3.85. The number of rotatable bonds is 8. The predicted molar refractivity (Wildman–Crippen MR) is 123 cm³/mol. The normalized spacial score (nSPS) is 15.9. The lowest BCUT2D eigenvalue weighted by Crippen LogP contribution is -2.38. The molecule has 1 aliphatic rings. The maximum absolute atomic E-state index is 12.8. The molecule has 2 aromatic heterocycles. The molecule has 2 N–H and O–H groups in total. The van der Waals surface area contributed by atoms with E-state index < -0.39 is 0 Å². The van der Waals surface area contributed by atoms with Gasteiger partial charge in [-0.1, -0.05) is 32.9 Å². The summed E-state index contributed by atoms with van der Waals surface area (Å²) in [6.45, 7) is 11.9. The van der Waals surface area contributed by atoms with E-state index in [9.17, 15) is 4.79 Å². The Hall–Kier alpha value is -2.78. The number of pyridine rings is 1. The lowest BCUT2D eigenvalue weighted by Gasteiger charge is -2.30. The zero-order valence-electron chi connectivity index (χ0n) is 19.3. The van der Waals surface area contributed by atoms with Crippen LogP contribution in [0.5, 0.6) is 0 Å². The van der Waals surface area contributed by atoms with Crippen molar-refractivity contribution in [1.29, 1.82) is 5.26 Å². The molecule has 6 nitrogen and oxygen atoms in total. The molecule has 0 unspecified atom stereocenters. The van der Waals surface area contributed by atoms with Crippen LogP contribution in [0.25, 0.3) is 5.57 Å². The number of allylic oxidation sites excluding steroid dienone is 2. The monoisotopic (exact) mass is 419 g/mol. The molecule has 0 spiro atoms. The van der Waals surface area contributed by atoms with E-state index in [4.69, 9.17) is 10.2 Å². The number of H-pyrrole nitrogens is 1. The van der Waals surface area contributed by atoms with Gasteiger partial charge in [-0.3, -0.25) is 9.78 Å². The topological polar surface area (TPSA) is 94.5 Å². The average Bonchev–Trinajstić information content (AvgIpc) is 3.22. The molecule has 0 saturated carbocycles. The van der Waals surface area contributed by atoms with Crippen LogP contribution in [0, 0.1) is 16.7 Å². The van der Waals surface area contributed by atoms with Gasteiger partial charge in [0.05, 0.1) is 23.1 Å². The van der Waals surface area contributed by atoms with Crippen LogP contribution in [-0.4, -0.2) is 27.3 Å². The maximum Gasteiger partial charge on any atom is 0.202 e. The Bertz CT molecular complexity index is 1020. The molecular formula is C25H33N5O. The molecule has 0 radical (unpaired) electrons. The molecule has 2 aromatic rings. The van der Waals surface area contributed by atoms with E-state index in [2.05, 4.69) is 56.0 Å². The highest BCUT2D eigenvalue weighted by Crippen LogP contribution is 2.38. The van der Waals surface area contributed by atoms with Crippen LogP contribution in [0.15, 0.2) is 24.4 Å². The van der Waals surface area contributed by atoms with Gasteiger partial charge < -0.3 is 10.3 Å². The smallest absolute Gasteiger partial charge is 0.202 e. The highest BCUT2D eigenvalue weighted by molar-refractivity contribution is 5.95. The first kappa shape index (κ1) is 22.9. The van der Waals surface area contributed by atoms with Crippen molar-refractivity contribution in [2.24, 2.45) is 5.41 Å². The third-order valence-corrected chi connectivity index (χ3v) is 6.02. The lowest BCUT2D eigenvalue weighted by atomic mass is 9.77. The average molecular weight is 420 g/mol. The molecule has 1 aliphatic carbocycles. The summed E-state index contributed by atoms with van der Waals surface area (Å²) in [5.41, 5.74) is 4.33. The van der Waals surface area contributed by atoms with Gasteiger partial charge in [0, 0.05) is 6.42 Å². The molecule has 0 atom stereocenters. The van der Waals surface area contributed by atoms with E-state index >= 15 is 0 Å². The van der Waals surface area contributed by atoms with Crippen LogP contribution >= 0.6 is 0 Å². The zero-order valence-corrected chi connectivity index (χ0v) is 19.3. The standard InChI is InChI=1S/C25H33N5O/c1-6-13-28-25(4,5)21-8-7-18(14-20(31)23-27-16-19(15-26)29-23)22(30-21)17-9-11-24(2,3)12-10-17/h7-9,16,28H,6,10-14H2,1-5H3,(H,27,29). The van der Waals surface area contributed by atoms with Gasteiger partial charge in [0.2, 0.25) is 5.78 Å². The minimum Gasteiger partial charge on any atom is -0.327 e. The van der Waals surface area contributed by atoms with Crippen molar-refractivity contribution >= 4 is 11.4 Å². The van der Waals surface area contributed by atoms with Crippen molar-refractivity contribution < 1.29 is 4.79 Å². The van der Waals surface area contributed by atoms with Crippen molar-refractivity contribution in [3.63, 3.8) is 0 Å². The highest BCUT2D eigenvalue weighted by atomic mass is 16.1. The largest absolute Gasteiger partial charge is 0.327 e. The minimum absolute atomic E-state index is 0.141. The quantitative estimate of drug-likeness (QED) is 0.592. The summed E-state index contributed by atoms with van der Waals surface area (Å²) >= 11 is 0. The number of Topliss-reactive ketones (excluding diaryl/α,β-unsaturated/α-hetero) is 1. The molecule has 6 heteroatoms. The Morgan fingerprint density at radius 1 is 1.35 bits per heavy atom. The Morgan fingerprint density at radius 3 is 2.74 bits per heavy atom. The highest BCUT2D eigenvalue weighted by Gasteiger charge is 2.27. The van der Waals surface area contributed by atoms with Gasteiger partial charge >= 0.3 is 0 Å². The Labute approximate surface area is 185 Å². The summed E-state index contributed by atoms with van der Waals surface area (Å²) in [6, 6.07) is 6.03. The molecule has 0 aliphatic heterocycles. The number of hydrogen-bond donors (Lipinski definition) is 2. The number of aromatic amines is 1. The lowest BCUT2D eigenvalue weighted by molar-refractivity contribution is 0.0983. The van der Waals surface area contributed by atoms with E-state index in [1.807, 2.05) is 18.2 Å². The van der Waals surface area contributed by atoms with Crippen molar-refractivity contribution in [2.45, 2.75) is 72.3 Å². The summed E-state index contributed by atoms with van der Waals surface area (Å²) in [6.07, 6.45) is 7.98. The predicted octanol–water partition coefficient (Wildman–Crippen LogP) is 4.93. The van der Waals surface area contributed by atoms with Crippen LogP contribution in [0.4, 0.5) is 0 Å². The van der Waals surface area contributed by atoms with Crippen molar-refractivity contribution in [1.82, 2.24) is 20.3 Å². The number of nitrogens with one attached hydrogen (secondary N) is 2. The first-order valence-corrected chi connectivity index (χ1v) is 11.1. The van der Waals surface area contributed by atoms with E-state index in [-0.39, 0.29) is 29.3 Å². The second kappa shape index (κ2) is 9.15. The number of nitrogens with zero attached hydrogens (tertiary/aromatic N) is 3. The van der Waals surface area contributed by atoms with Crippen LogP contribution in [0.2, 0.25) is 0 Å². The van der Waals surface area contributed by atoms with Gasteiger partial charge in [-0.05, 0) is 68.7 Å². The van der Waals surface area contributed by atoms with Crippen LogP contribution in [-0.2, 0) is 12.0 Å². The van der Waals surface area contributed by atoms with Crippen molar-refractivity contribution in [2.75, 3.05) is 6.54 Å². The fourth-order valence-corrected chi connectivity index (χ4v) is 3.85. The number of imidazole rings is 1. The second-order valence-electron chi connectivity index (χ2n) is 9.71. The summed E-state index contributed by atoms with van der Waals surface area (Å²) < 4.78 is 0. The van der Waals surface area contributed by atoms with Gasteiger partial charge in [0.1, 0.15) is 11.8 Å². The van der Waals surface area contributed by atoms with Gasteiger partial charge in [-0.2, -0.15) is 5.26 Å². The first-order chi connectivity index (χ1) is 14.6. The number of aromatic nitrogens is 3. The third-order valence-electron chi connectivity index (χ3n) is 6.02. The van der Waals surface area contributed by atoms with Gasteiger partial charge in [0.25, 0.3) is 0 Å². The molecule has 164 valence electrons. The van der Waals surface area contributed by atoms with Crippen LogP contribution in [0.3, 0.4) is 0 Å². The summed E-state index contributed by atoms with van der Waals surface area (Å²) in [5, 5.41) is 12.6. The summed E-state index contributed by atoms with van der Waals surface area (Å²) in [7, 11) is 0. The molecule has 0 amide bonds. The molecule has 0 bridgehead atoms. The Morgan fingerprint density at radius 2 is 2.13 bits per heavy atom. The Kier molecular flexibility index (Phi) is 6.76. The number of nitriles is 1. The van der Waals surface area contributed by atoms with E-state index in [0.29, 0.717) is 5.41 Å². The van der Waals surface area contributed by atoms with Crippen molar-refractivity contribution in [3.05, 3.63) is 52.9 Å². The van der Waals surface area contributed by atoms with E-state index in [0.717, 1.165) is 49.2 Å². The molecular weight excluding hydrogens is 386 g/mol. The second-order valence-corrected chi connectivity index (χ2v) is 9.71. The van der Waals surface area contributed by atoms with Crippen LogP contribution in [0.1, 0.15) is 93.6 Å². The van der Waals surface area contributed by atoms with E-state index in [1.165, 1.54) is 11.8 Å². The molecule has 0 saturated heterocycles. The fraction of sp³-hybridized carbons (Fsp3) is 0.520. The zero-order chi connectivity index (χ0) is 22.6. The Balaban J connectivity index is 1.97. The molecule has 2 heterocycles. The molecule has 3 rings (SSSR count).